The van der Waals surface area contributed by atoms with Crippen LogP contribution in [0.1, 0.15) is 41.7 Å². The number of pyridine rings is 1. The van der Waals surface area contributed by atoms with Crippen LogP contribution in [0.2, 0.25) is 0 Å². The Morgan fingerprint density at radius 1 is 1.11 bits per heavy atom. The molecule has 0 spiro atoms. The SMILES string of the molecule is Cc1ccc(C(=O)NC2CCC(Oc3ccc4c(c3)OCO4)CC2)c(=O)n1C. The molecule has 0 saturated heterocycles. The number of carbonyl (C=O) groups is 1. The van der Waals surface area contributed by atoms with Crippen molar-refractivity contribution < 1.29 is 19.0 Å². The number of benzene rings is 1. The minimum absolute atomic E-state index is 0.0510. The Bertz CT molecular complexity index is 944. The van der Waals surface area contributed by atoms with Gasteiger partial charge in [0.25, 0.3) is 11.5 Å². The summed E-state index contributed by atoms with van der Waals surface area (Å²) in [5, 5.41) is 3.00. The summed E-state index contributed by atoms with van der Waals surface area (Å²) in [5.41, 5.74) is 0.742. The van der Waals surface area contributed by atoms with E-state index < -0.39 is 0 Å². The molecule has 7 heteroatoms. The van der Waals surface area contributed by atoms with Gasteiger partial charge in [0.1, 0.15) is 11.3 Å². The van der Waals surface area contributed by atoms with Crippen molar-refractivity contribution in [3.05, 3.63) is 51.9 Å². The molecule has 0 atom stereocenters. The monoisotopic (exact) mass is 384 g/mol. The van der Waals surface area contributed by atoms with E-state index in [4.69, 9.17) is 14.2 Å². The number of ether oxygens (including phenoxy) is 3. The fraction of sp³-hybridized carbons (Fsp3) is 0.429. The van der Waals surface area contributed by atoms with E-state index in [0.29, 0.717) is 5.75 Å². The zero-order valence-corrected chi connectivity index (χ0v) is 16.1. The molecule has 1 aromatic heterocycles. The molecule has 148 valence electrons. The molecular formula is C21H24N2O5. The highest BCUT2D eigenvalue weighted by Gasteiger charge is 2.25. The lowest BCUT2D eigenvalue weighted by Gasteiger charge is -2.29. The smallest absolute Gasteiger partial charge is 0.263 e. The maximum Gasteiger partial charge on any atom is 0.263 e. The van der Waals surface area contributed by atoms with Crippen molar-refractivity contribution in [3.63, 3.8) is 0 Å². The lowest BCUT2D eigenvalue weighted by Crippen LogP contribution is -2.42. The Hall–Kier alpha value is -2.96. The maximum absolute atomic E-state index is 12.5. The summed E-state index contributed by atoms with van der Waals surface area (Å²) < 4.78 is 18.2. The zero-order valence-electron chi connectivity index (χ0n) is 16.1. The Morgan fingerprint density at radius 3 is 2.64 bits per heavy atom. The molecule has 0 radical (unpaired) electrons. The van der Waals surface area contributed by atoms with Crippen molar-refractivity contribution in [2.75, 3.05) is 6.79 Å². The van der Waals surface area contributed by atoms with Gasteiger partial charge >= 0.3 is 0 Å². The second-order valence-electron chi connectivity index (χ2n) is 7.33. The molecule has 1 N–H and O–H groups in total. The summed E-state index contributed by atoms with van der Waals surface area (Å²) in [4.78, 5) is 24.8. The van der Waals surface area contributed by atoms with E-state index >= 15 is 0 Å². The number of fused-ring (bicyclic) bond motifs is 1. The molecule has 1 aliphatic carbocycles. The van der Waals surface area contributed by atoms with Crippen LogP contribution in [-0.4, -0.2) is 29.4 Å². The van der Waals surface area contributed by atoms with Gasteiger partial charge in [-0.3, -0.25) is 9.59 Å². The molecule has 2 aliphatic rings. The van der Waals surface area contributed by atoms with Gasteiger partial charge in [0, 0.05) is 24.8 Å². The summed E-state index contributed by atoms with van der Waals surface area (Å²) in [7, 11) is 1.67. The third-order valence-electron chi connectivity index (χ3n) is 5.46. The number of amides is 1. The van der Waals surface area contributed by atoms with Crippen LogP contribution < -0.4 is 25.1 Å². The van der Waals surface area contributed by atoms with Crippen LogP contribution in [0.25, 0.3) is 0 Å². The van der Waals surface area contributed by atoms with E-state index in [9.17, 15) is 9.59 Å². The van der Waals surface area contributed by atoms with Crippen molar-refractivity contribution in [2.24, 2.45) is 7.05 Å². The number of hydrogen-bond acceptors (Lipinski definition) is 5. The largest absolute Gasteiger partial charge is 0.490 e. The highest BCUT2D eigenvalue weighted by atomic mass is 16.7. The number of nitrogens with zero attached hydrogens (tertiary/aromatic N) is 1. The van der Waals surface area contributed by atoms with Gasteiger partial charge in [-0.05, 0) is 56.9 Å². The normalized spacial score (nSPS) is 20.6. The average Bonchev–Trinajstić information content (AvgIpc) is 3.15. The second kappa shape index (κ2) is 7.58. The van der Waals surface area contributed by atoms with Crippen LogP contribution in [0.5, 0.6) is 17.2 Å². The summed E-state index contributed by atoms with van der Waals surface area (Å²) in [6, 6.07) is 9.02. The van der Waals surface area contributed by atoms with Gasteiger partial charge in [-0.2, -0.15) is 0 Å². The Balaban J connectivity index is 1.31. The fourth-order valence-corrected chi connectivity index (χ4v) is 3.63. The Kier molecular flexibility index (Phi) is 4.98. The van der Waals surface area contributed by atoms with Crippen molar-refractivity contribution >= 4 is 5.91 Å². The first-order chi connectivity index (χ1) is 13.5. The van der Waals surface area contributed by atoms with Gasteiger partial charge in [0.2, 0.25) is 6.79 Å². The molecule has 1 saturated carbocycles. The van der Waals surface area contributed by atoms with E-state index in [0.717, 1.165) is 42.9 Å². The molecule has 4 rings (SSSR count). The highest BCUT2D eigenvalue weighted by Crippen LogP contribution is 2.36. The van der Waals surface area contributed by atoms with Gasteiger partial charge in [-0.15, -0.1) is 0 Å². The number of aryl methyl sites for hydroxylation is 1. The molecule has 1 aromatic carbocycles. The van der Waals surface area contributed by atoms with E-state index in [2.05, 4.69) is 5.32 Å². The molecule has 1 fully saturated rings. The van der Waals surface area contributed by atoms with Gasteiger partial charge in [0.05, 0.1) is 6.10 Å². The van der Waals surface area contributed by atoms with Crippen LogP contribution in [-0.2, 0) is 7.05 Å². The first kappa shape index (κ1) is 18.4. The number of aromatic nitrogens is 1. The topological polar surface area (TPSA) is 78.8 Å². The van der Waals surface area contributed by atoms with Crippen LogP contribution in [0.4, 0.5) is 0 Å². The highest BCUT2D eigenvalue weighted by molar-refractivity contribution is 5.94. The van der Waals surface area contributed by atoms with E-state index in [1.165, 1.54) is 4.57 Å². The van der Waals surface area contributed by atoms with Gasteiger partial charge in [-0.1, -0.05) is 0 Å². The first-order valence-corrected chi connectivity index (χ1v) is 9.55. The summed E-state index contributed by atoms with van der Waals surface area (Å²) >= 11 is 0. The molecule has 1 amide bonds. The predicted molar refractivity (Wildman–Crippen MR) is 103 cm³/mol. The predicted octanol–water partition coefficient (Wildman–Crippen LogP) is 2.54. The molecule has 7 nitrogen and oxygen atoms in total. The van der Waals surface area contributed by atoms with Crippen LogP contribution >= 0.6 is 0 Å². The minimum atomic E-state index is -0.305. The van der Waals surface area contributed by atoms with Crippen LogP contribution in [0.15, 0.2) is 35.1 Å². The van der Waals surface area contributed by atoms with Crippen molar-refractivity contribution in [1.82, 2.24) is 9.88 Å². The van der Waals surface area contributed by atoms with Crippen molar-refractivity contribution in [2.45, 2.75) is 44.8 Å². The number of carbonyl (C=O) groups excluding carboxylic acids is 1. The summed E-state index contributed by atoms with van der Waals surface area (Å²) in [6.45, 7) is 2.08. The number of nitrogens with one attached hydrogen (secondary N) is 1. The lowest BCUT2D eigenvalue weighted by atomic mass is 9.92. The van der Waals surface area contributed by atoms with Crippen molar-refractivity contribution in [1.29, 1.82) is 0 Å². The Morgan fingerprint density at radius 2 is 1.86 bits per heavy atom. The second-order valence-corrected chi connectivity index (χ2v) is 7.33. The standard InChI is InChI=1S/C21H24N2O5/c1-13-3-9-17(21(25)23(13)2)20(24)22-14-4-6-15(7-5-14)28-16-8-10-18-19(11-16)27-12-26-18/h3,8-11,14-15H,4-7,12H2,1-2H3,(H,22,24). The van der Waals surface area contributed by atoms with Crippen LogP contribution in [0, 0.1) is 6.92 Å². The zero-order chi connectivity index (χ0) is 19.7. The Labute approximate surface area is 163 Å². The third-order valence-corrected chi connectivity index (χ3v) is 5.46. The van der Waals surface area contributed by atoms with Crippen molar-refractivity contribution in [3.8, 4) is 17.2 Å². The van der Waals surface area contributed by atoms with E-state index in [1.807, 2.05) is 25.1 Å². The number of hydrogen-bond donors (Lipinski definition) is 1. The molecule has 0 bridgehead atoms. The molecule has 2 aromatic rings. The van der Waals surface area contributed by atoms with Gasteiger partial charge < -0.3 is 24.1 Å². The molecule has 2 heterocycles. The molecule has 1 aliphatic heterocycles. The third kappa shape index (κ3) is 3.69. The van der Waals surface area contributed by atoms with E-state index in [1.54, 1.807) is 19.2 Å². The molecule has 28 heavy (non-hydrogen) atoms. The average molecular weight is 384 g/mol. The summed E-state index contributed by atoms with van der Waals surface area (Å²) in [6.07, 6.45) is 3.40. The lowest BCUT2D eigenvalue weighted by molar-refractivity contribution is 0.0891. The first-order valence-electron chi connectivity index (χ1n) is 9.55. The van der Waals surface area contributed by atoms with Gasteiger partial charge in [0.15, 0.2) is 11.5 Å². The molecular weight excluding hydrogens is 360 g/mol. The quantitative estimate of drug-likeness (QED) is 0.876. The maximum atomic E-state index is 12.5. The van der Waals surface area contributed by atoms with E-state index in [-0.39, 0.29) is 36.0 Å². The molecule has 0 unspecified atom stereocenters. The number of rotatable bonds is 4. The minimum Gasteiger partial charge on any atom is -0.490 e. The fourth-order valence-electron chi connectivity index (χ4n) is 3.63. The van der Waals surface area contributed by atoms with Gasteiger partial charge in [-0.25, -0.2) is 0 Å². The van der Waals surface area contributed by atoms with Crippen LogP contribution in [0.3, 0.4) is 0 Å². The summed E-state index contributed by atoms with van der Waals surface area (Å²) in [5.74, 6) is 1.90.